The van der Waals surface area contributed by atoms with Gasteiger partial charge in [0.1, 0.15) is 6.04 Å². The van der Waals surface area contributed by atoms with E-state index in [0.717, 1.165) is 12.8 Å². The van der Waals surface area contributed by atoms with Gasteiger partial charge in [-0.25, -0.2) is 9.59 Å². The number of urea groups is 1. The van der Waals surface area contributed by atoms with Crippen LogP contribution in [0.2, 0.25) is 0 Å². The number of primary amides is 1. The Morgan fingerprint density at radius 3 is 2.53 bits per heavy atom. The van der Waals surface area contributed by atoms with Gasteiger partial charge in [0.05, 0.1) is 6.42 Å². The van der Waals surface area contributed by atoms with Crippen LogP contribution in [0.15, 0.2) is 0 Å². The molecular formula is C12H21N3O4. The number of carbonyl (C=O) groups is 3. The summed E-state index contributed by atoms with van der Waals surface area (Å²) in [6, 6.07) is -1.59. The van der Waals surface area contributed by atoms with Gasteiger partial charge in [-0.1, -0.05) is 13.8 Å². The summed E-state index contributed by atoms with van der Waals surface area (Å²) in [7, 11) is 0. The van der Waals surface area contributed by atoms with E-state index >= 15 is 0 Å². The van der Waals surface area contributed by atoms with Gasteiger partial charge in [0.15, 0.2) is 0 Å². The van der Waals surface area contributed by atoms with Gasteiger partial charge in [-0.15, -0.1) is 0 Å². The maximum absolute atomic E-state index is 12.1. The molecule has 1 fully saturated rings. The molecule has 0 aromatic carbocycles. The van der Waals surface area contributed by atoms with E-state index in [1.165, 1.54) is 0 Å². The zero-order valence-electron chi connectivity index (χ0n) is 11.3. The van der Waals surface area contributed by atoms with Gasteiger partial charge < -0.3 is 21.1 Å². The van der Waals surface area contributed by atoms with Gasteiger partial charge in [0, 0.05) is 12.6 Å². The number of carbonyl (C=O) groups excluding carboxylic acids is 2. The normalized spacial score (nSPS) is 20.4. The first-order chi connectivity index (χ1) is 8.82. The molecule has 0 spiro atoms. The number of aliphatic carboxylic acids is 1. The van der Waals surface area contributed by atoms with Gasteiger partial charge in [0.2, 0.25) is 5.91 Å². The maximum atomic E-state index is 12.1. The molecule has 19 heavy (non-hydrogen) atoms. The highest BCUT2D eigenvalue weighted by molar-refractivity contribution is 5.87. The van der Waals surface area contributed by atoms with Crippen LogP contribution >= 0.6 is 0 Å². The van der Waals surface area contributed by atoms with Crippen molar-refractivity contribution in [3.05, 3.63) is 0 Å². The average molecular weight is 271 g/mol. The Bertz CT molecular complexity index is 370. The summed E-state index contributed by atoms with van der Waals surface area (Å²) in [6.07, 6.45) is 1.42. The van der Waals surface area contributed by atoms with Crippen LogP contribution in [0.25, 0.3) is 0 Å². The van der Waals surface area contributed by atoms with Crippen molar-refractivity contribution in [2.24, 2.45) is 11.7 Å². The molecule has 4 N–H and O–H groups in total. The Hall–Kier alpha value is -1.79. The molecule has 1 unspecified atom stereocenters. The molecule has 1 saturated heterocycles. The van der Waals surface area contributed by atoms with E-state index in [9.17, 15) is 14.4 Å². The number of hydrogen-bond acceptors (Lipinski definition) is 3. The summed E-state index contributed by atoms with van der Waals surface area (Å²) in [4.78, 5) is 35.4. The molecule has 0 aromatic heterocycles. The summed E-state index contributed by atoms with van der Waals surface area (Å²) in [6.45, 7) is 4.65. The molecule has 0 aromatic rings. The van der Waals surface area contributed by atoms with Crippen LogP contribution in [0.3, 0.4) is 0 Å². The van der Waals surface area contributed by atoms with Crippen molar-refractivity contribution in [3.8, 4) is 0 Å². The number of hydrogen-bond donors (Lipinski definition) is 3. The van der Waals surface area contributed by atoms with Crippen molar-refractivity contribution < 1.29 is 19.5 Å². The minimum Gasteiger partial charge on any atom is -0.480 e. The van der Waals surface area contributed by atoms with Crippen LogP contribution in [0, 0.1) is 5.92 Å². The lowest BCUT2D eigenvalue weighted by Gasteiger charge is -2.29. The van der Waals surface area contributed by atoms with Crippen LogP contribution < -0.4 is 11.1 Å². The lowest BCUT2D eigenvalue weighted by atomic mass is 10.0. The molecule has 7 heteroatoms. The molecule has 108 valence electrons. The number of nitrogens with zero attached hydrogens (tertiary/aromatic N) is 1. The largest absolute Gasteiger partial charge is 0.480 e. The zero-order valence-corrected chi connectivity index (χ0v) is 11.3. The third-order valence-corrected chi connectivity index (χ3v) is 3.33. The summed E-state index contributed by atoms with van der Waals surface area (Å²) < 4.78 is 0. The smallest absolute Gasteiger partial charge is 0.326 e. The Balaban J connectivity index is 2.66. The van der Waals surface area contributed by atoms with E-state index in [1.807, 2.05) is 13.8 Å². The molecule has 0 aliphatic carbocycles. The monoisotopic (exact) mass is 271 g/mol. The van der Waals surface area contributed by atoms with Gasteiger partial charge in [-0.2, -0.15) is 0 Å². The summed E-state index contributed by atoms with van der Waals surface area (Å²) in [5.74, 6) is -1.70. The second kappa shape index (κ2) is 6.40. The standard InChI is InChI=1S/C12H21N3O4/c1-7(2)9-4-3-5-15(9)12(19)14-8(11(17)18)6-10(13)16/h7-9H,3-6H2,1-2H3,(H2,13,16)(H,14,19)(H,17,18)/t8-,9?/m1/s1. The van der Waals surface area contributed by atoms with Crippen LogP contribution in [0.4, 0.5) is 4.79 Å². The van der Waals surface area contributed by atoms with Gasteiger partial charge in [-0.05, 0) is 18.8 Å². The molecule has 3 amide bonds. The van der Waals surface area contributed by atoms with Crippen molar-refractivity contribution in [2.75, 3.05) is 6.54 Å². The molecular weight excluding hydrogens is 250 g/mol. The van der Waals surface area contributed by atoms with E-state index in [2.05, 4.69) is 5.32 Å². The minimum atomic E-state index is -1.27. The molecule has 2 atom stereocenters. The van der Waals surface area contributed by atoms with Crippen molar-refractivity contribution in [2.45, 2.75) is 45.2 Å². The van der Waals surface area contributed by atoms with Crippen molar-refractivity contribution >= 4 is 17.9 Å². The first kappa shape index (κ1) is 15.3. The second-order valence-corrected chi connectivity index (χ2v) is 5.16. The van der Waals surface area contributed by atoms with Gasteiger partial charge >= 0.3 is 12.0 Å². The van der Waals surface area contributed by atoms with Gasteiger partial charge in [-0.3, -0.25) is 4.79 Å². The lowest BCUT2D eigenvalue weighted by Crippen LogP contribution is -2.51. The number of carboxylic acid groups (broad SMARTS) is 1. The number of nitrogens with two attached hydrogens (primary N) is 1. The van der Waals surface area contributed by atoms with Crippen molar-refractivity contribution in [1.82, 2.24) is 10.2 Å². The predicted molar refractivity (Wildman–Crippen MR) is 68.3 cm³/mol. The first-order valence-corrected chi connectivity index (χ1v) is 6.41. The quantitative estimate of drug-likeness (QED) is 0.660. The highest BCUT2D eigenvalue weighted by Crippen LogP contribution is 2.23. The molecule has 1 aliphatic rings. The fraction of sp³-hybridized carbons (Fsp3) is 0.750. The minimum absolute atomic E-state index is 0.114. The first-order valence-electron chi connectivity index (χ1n) is 6.41. The molecule has 0 radical (unpaired) electrons. The summed E-state index contributed by atoms with van der Waals surface area (Å²) >= 11 is 0. The van der Waals surface area contributed by atoms with E-state index in [-0.39, 0.29) is 6.04 Å². The second-order valence-electron chi connectivity index (χ2n) is 5.16. The molecule has 1 rings (SSSR count). The van der Waals surface area contributed by atoms with Crippen LogP contribution in [0.5, 0.6) is 0 Å². The van der Waals surface area contributed by atoms with E-state index in [4.69, 9.17) is 10.8 Å². The molecule has 0 saturated carbocycles. The van der Waals surface area contributed by atoms with Crippen LogP contribution in [-0.4, -0.2) is 46.5 Å². The van der Waals surface area contributed by atoms with Crippen LogP contribution in [0.1, 0.15) is 33.1 Å². The Labute approximate surface area is 112 Å². The number of likely N-dealkylation sites (tertiary alicyclic amines) is 1. The zero-order chi connectivity index (χ0) is 14.6. The molecule has 7 nitrogen and oxygen atoms in total. The molecule has 1 heterocycles. The average Bonchev–Trinajstić information content (AvgIpc) is 2.76. The summed E-state index contributed by atoms with van der Waals surface area (Å²) in [5, 5.41) is 11.3. The highest BCUT2D eigenvalue weighted by Gasteiger charge is 2.33. The fourth-order valence-corrected chi connectivity index (χ4v) is 2.37. The van der Waals surface area contributed by atoms with Crippen molar-refractivity contribution in [1.29, 1.82) is 0 Å². The fourth-order valence-electron chi connectivity index (χ4n) is 2.37. The van der Waals surface area contributed by atoms with E-state index in [1.54, 1.807) is 4.90 Å². The number of amides is 3. The number of carboxylic acids is 1. The predicted octanol–water partition coefficient (Wildman–Crippen LogP) is 0.145. The Morgan fingerprint density at radius 2 is 2.05 bits per heavy atom. The SMILES string of the molecule is CC(C)C1CCCN1C(=O)N[C@H](CC(N)=O)C(=O)O. The number of rotatable bonds is 5. The third-order valence-electron chi connectivity index (χ3n) is 3.33. The Morgan fingerprint density at radius 1 is 1.42 bits per heavy atom. The molecule has 1 aliphatic heterocycles. The van der Waals surface area contributed by atoms with E-state index < -0.39 is 30.4 Å². The van der Waals surface area contributed by atoms with Crippen LogP contribution in [-0.2, 0) is 9.59 Å². The molecule has 0 bridgehead atoms. The Kier molecular flexibility index (Phi) is 5.14. The number of nitrogens with one attached hydrogen (secondary N) is 1. The third kappa shape index (κ3) is 4.11. The van der Waals surface area contributed by atoms with E-state index in [0.29, 0.717) is 12.5 Å². The maximum Gasteiger partial charge on any atom is 0.326 e. The lowest BCUT2D eigenvalue weighted by molar-refractivity contribution is -0.141. The summed E-state index contributed by atoms with van der Waals surface area (Å²) in [5.41, 5.74) is 4.97. The topological polar surface area (TPSA) is 113 Å². The van der Waals surface area contributed by atoms with Crippen molar-refractivity contribution in [3.63, 3.8) is 0 Å². The van der Waals surface area contributed by atoms with Gasteiger partial charge in [0.25, 0.3) is 0 Å². The highest BCUT2D eigenvalue weighted by atomic mass is 16.4.